The van der Waals surface area contributed by atoms with Crippen LogP contribution >= 0.6 is 15.9 Å². The average molecular weight is 322 g/mol. The number of hydrogen-bond acceptors (Lipinski definition) is 3. The predicted molar refractivity (Wildman–Crippen MR) is 76.8 cm³/mol. The summed E-state index contributed by atoms with van der Waals surface area (Å²) in [5, 5.41) is 12.4. The Morgan fingerprint density at radius 1 is 1.21 bits per heavy atom. The first-order valence-corrected chi connectivity index (χ1v) is 6.33. The van der Waals surface area contributed by atoms with Gasteiger partial charge in [0.1, 0.15) is 11.5 Å². The number of benzene rings is 2. The number of phenolic OH excluding ortho intramolecular Hbond substituents is 1. The Morgan fingerprint density at radius 2 is 1.89 bits per heavy atom. The standard InChI is InChI=1S/C14H12BrNO3/c1-19-11-5-3-10(4-6-11)16-14(18)12-8-9(15)2-7-13(12)17/h2-8,17H,1H3,(H,16,18). The quantitative estimate of drug-likeness (QED) is 0.910. The van der Waals surface area contributed by atoms with Gasteiger partial charge in [-0.1, -0.05) is 15.9 Å². The minimum Gasteiger partial charge on any atom is -0.507 e. The summed E-state index contributed by atoms with van der Waals surface area (Å²) in [7, 11) is 1.58. The fourth-order valence-electron chi connectivity index (χ4n) is 1.56. The van der Waals surface area contributed by atoms with E-state index in [-0.39, 0.29) is 17.2 Å². The van der Waals surface area contributed by atoms with Gasteiger partial charge in [-0.25, -0.2) is 0 Å². The van der Waals surface area contributed by atoms with Gasteiger partial charge in [0.15, 0.2) is 0 Å². The number of anilines is 1. The average Bonchev–Trinajstić information content (AvgIpc) is 2.42. The van der Waals surface area contributed by atoms with E-state index < -0.39 is 0 Å². The smallest absolute Gasteiger partial charge is 0.259 e. The Bertz CT molecular complexity index is 596. The van der Waals surface area contributed by atoms with Gasteiger partial charge >= 0.3 is 0 Å². The van der Waals surface area contributed by atoms with Crippen LogP contribution in [0, 0.1) is 0 Å². The lowest BCUT2D eigenvalue weighted by molar-refractivity contribution is 0.102. The van der Waals surface area contributed by atoms with Crippen molar-refractivity contribution >= 4 is 27.5 Å². The van der Waals surface area contributed by atoms with Crippen LogP contribution in [0.15, 0.2) is 46.9 Å². The molecule has 0 atom stereocenters. The maximum atomic E-state index is 12.0. The number of amides is 1. The van der Waals surface area contributed by atoms with Gasteiger partial charge in [-0.2, -0.15) is 0 Å². The number of halogens is 1. The van der Waals surface area contributed by atoms with E-state index in [4.69, 9.17) is 4.74 Å². The molecular weight excluding hydrogens is 310 g/mol. The van der Waals surface area contributed by atoms with Crippen LogP contribution in [-0.2, 0) is 0 Å². The molecule has 0 saturated carbocycles. The van der Waals surface area contributed by atoms with Crippen LogP contribution in [0.4, 0.5) is 5.69 Å². The number of phenols is 1. The lowest BCUT2D eigenvalue weighted by atomic mass is 10.2. The molecule has 0 aliphatic carbocycles. The van der Waals surface area contributed by atoms with E-state index in [1.807, 2.05) is 0 Å². The number of carbonyl (C=O) groups is 1. The third-order valence-electron chi connectivity index (χ3n) is 2.55. The summed E-state index contributed by atoms with van der Waals surface area (Å²) in [4.78, 5) is 12.0. The van der Waals surface area contributed by atoms with Crippen molar-refractivity contribution < 1.29 is 14.6 Å². The minimum atomic E-state index is -0.371. The van der Waals surface area contributed by atoms with Crippen LogP contribution in [0.2, 0.25) is 0 Å². The summed E-state index contributed by atoms with van der Waals surface area (Å²) in [6, 6.07) is 11.6. The van der Waals surface area contributed by atoms with Crippen LogP contribution in [-0.4, -0.2) is 18.1 Å². The first-order chi connectivity index (χ1) is 9.10. The molecule has 0 aromatic heterocycles. The number of carbonyl (C=O) groups excluding carboxylic acids is 1. The third-order valence-corrected chi connectivity index (χ3v) is 3.04. The van der Waals surface area contributed by atoms with E-state index in [1.54, 1.807) is 43.5 Å². The SMILES string of the molecule is COc1ccc(NC(=O)c2cc(Br)ccc2O)cc1. The van der Waals surface area contributed by atoms with E-state index in [0.29, 0.717) is 11.4 Å². The van der Waals surface area contributed by atoms with Crippen molar-refractivity contribution in [3.63, 3.8) is 0 Å². The molecule has 0 radical (unpaired) electrons. The zero-order valence-corrected chi connectivity index (χ0v) is 11.8. The molecule has 2 aromatic rings. The first kappa shape index (κ1) is 13.4. The zero-order valence-electron chi connectivity index (χ0n) is 10.2. The normalized spacial score (nSPS) is 10.0. The molecular formula is C14H12BrNO3. The Kier molecular flexibility index (Phi) is 4.06. The van der Waals surface area contributed by atoms with Crippen molar-refractivity contribution in [2.75, 3.05) is 12.4 Å². The van der Waals surface area contributed by atoms with Crippen molar-refractivity contribution in [3.8, 4) is 11.5 Å². The lowest BCUT2D eigenvalue weighted by Gasteiger charge is -2.08. The van der Waals surface area contributed by atoms with Crippen LogP contribution in [0.5, 0.6) is 11.5 Å². The van der Waals surface area contributed by atoms with Gasteiger partial charge in [0.2, 0.25) is 0 Å². The molecule has 0 aliphatic rings. The summed E-state index contributed by atoms with van der Waals surface area (Å²) < 4.78 is 5.76. The van der Waals surface area contributed by atoms with Crippen LogP contribution in [0.3, 0.4) is 0 Å². The maximum Gasteiger partial charge on any atom is 0.259 e. The molecule has 5 heteroatoms. The number of rotatable bonds is 3. The van der Waals surface area contributed by atoms with Crippen molar-refractivity contribution in [1.29, 1.82) is 0 Å². The maximum absolute atomic E-state index is 12.0. The number of hydrogen-bond donors (Lipinski definition) is 2. The van der Waals surface area contributed by atoms with Gasteiger partial charge in [0.05, 0.1) is 12.7 Å². The number of aromatic hydroxyl groups is 1. The monoisotopic (exact) mass is 321 g/mol. The summed E-state index contributed by atoms with van der Waals surface area (Å²) in [6.45, 7) is 0. The summed E-state index contributed by atoms with van der Waals surface area (Å²) in [5.74, 6) is 0.279. The fraction of sp³-hybridized carbons (Fsp3) is 0.0714. The summed E-state index contributed by atoms with van der Waals surface area (Å²) in [5.41, 5.74) is 0.843. The molecule has 0 spiro atoms. The second-order valence-corrected chi connectivity index (χ2v) is 4.76. The van der Waals surface area contributed by atoms with Gasteiger partial charge in [-0.05, 0) is 42.5 Å². The number of ether oxygens (including phenoxy) is 1. The van der Waals surface area contributed by atoms with Gasteiger partial charge in [0, 0.05) is 10.2 Å². The molecule has 98 valence electrons. The van der Waals surface area contributed by atoms with E-state index in [0.717, 1.165) is 4.47 Å². The molecule has 0 unspecified atom stereocenters. The molecule has 2 N–H and O–H groups in total. The number of methoxy groups -OCH3 is 1. The van der Waals surface area contributed by atoms with Gasteiger partial charge in [-0.15, -0.1) is 0 Å². The van der Waals surface area contributed by atoms with Gasteiger partial charge in [-0.3, -0.25) is 4.79 Å². The molecule has 4 nitrogen and oxygen atoms in total. The molecule has 0 aliphatic heterocycles. The Labute approximate surface area is 119 Å². The van der Waals surface area contributed by atoms with E-state index >= 15 is 0 Å². The molecule has 0 heterocycles. The van der Waals surface area contributed by atoms with Crippen LogP contribution in [0.25, 0.3) is 0 Å². The third kappa shape index (κ3) is 3.26. The van der Waals surface area contributed by atoms with Crippen LogP contribution < -0.4 is 10.1 Å². The van der Waals surface area contributed by atoms with Crippen molar-refractivity contribution in [3.05, 3.63) is 52.5 Å². The van der Waals surface area contributed by atoms with Crippen molar-refractivity contribution in [2.45, 2.75) is 0 Å². The zero-order chi connectivity index (χ0) is 13.8. The Hall–Kier alpha value is -2.01. The minimum absolute atomic E-state index is 0.0609. The predicted octanol–water partition coefficient (Wildman–Crippen LogP) is 3.42. The van der Waals surface area contributed by atoms with E-state index in [1.165, 1.54) is 6.07 Å². The van der Waals surface area contributed by atoms with Gasteiger partial charge < -0.3 is 15.2 Å². The van der Waals surface area contributed by atoms with E-state index in [9.17, 15) is 9.90 Å². The highest BCUT2D eigenvalue weighted by molar-refractivity contribution is 9.10. The lowest BCUT2D eigenvalue weighted by Crippen LogP contribution is -2.12. The Balaban J connectivity index is 2.18. The highest BCUT2D eigenvalue weighted by Crippen LogP contribution is 2.23. The second-order valence-electron chi connectivity index (χ2n) is 3.84. The molecule has 19 heavy (non-hydrogen) atoms. The molecule has 0 fully saturated rings. The highest BCUT2D eigenvalue weighted by Gasteiger charge is 2.11. The first-order valence-electron chi connectivity index (χ1n) is 5.54. The van der Waals surface area contributed by atoms with Crippen molar-refractivity contribution in [1.82, 2.24) is 0 Å². The summed E-state index contributed by atoms with van der Waals surface area (Å²) >= 11 is 3.26. The van der Waals surface area contributed by atoms with Crippen LogP contribution in [0.1, 0.15) is 10.4 Å². The Morgan fingerprint density at radius 3 is 2.53 bits per heavy atom. The molecule has 0 saturated heterocycles. The largest absolute Gasteiger partial charge is 0.507 e. The number of nitrogens with one attached hydrogen (secondary N) is 1. The topological polar surface area (TPSA) is 58.6 Å². The molecule has 2 rings (SSSR count). The van der Waals surface area contributed by atoms with Crippen molar-refractivity contribution in [2.24, 2.45) is 0 Å². The molecule has 2 aromatic carbocycles. The van der Waals surface area contributed by atoms with Gasteiger partial charge in [0.25, 0.3) is 5.91 Å². The fourth-order valence-corrected chi connectivity index (χ4v) is 1.92. The van der Waals surface area contributed by atoms with E-state index in [2.05, 4.69) is 21.2 Å². The highest BCUT2D eigenvalue weighted by atomic mass is 79.9. The second kappa shape index (κ2) is 5.75. The molecule has 1 amide bonds. The molecule has 0 bridgehead atoms. The summed E-state index contributed by atoms with van der Waals surface area (Å²) in [6.07, 6.45) is 0.